The Bertz CT molecular complexity index is 250. The van der Waals surface area contributed by atoms with Crippen LogP contribution in [0.4, 0.5) is 0 Å². The summed E-state index contributed by atoms with van der Waals surface area (Å²) in [5.41, 5.74) is -0.921. The highest BCUT2D eigenvalue weighted by molar-refractivity contribution is 5.78. The molecule has 0 bridgehead atoms. The van der Waals surface area contributed by atoms with Crippen molar-refractivity contribution in [2.45, 2.75) is 38.6 Å². The zero-order chi connectivity index (χ0) is 15.3. The van der Waals surface area contributed by atoms with Gasteiger partial charge in [-0.05, 0) is 32.7 Å². The van der Waals surface area contributed by atoms with Gasteiger partial charge in [0, 0.05) is 26.9 Å². The van der Waals surface area contributed by atoms with Crippen LogP contribution in [-0.4, -0.2) is 63.3 Å². The van der Waals surface area contributed by atoms with Crippen LogP contribution in [0.15, 0.2) is 0 Å². The maximum atomic E-state index is 11.2. The second-order valence-corrected chi connectivity index (χ2v) is 4.89. The highest BCUT2D eigenvalue weighted by Gasteiger charge is 2.31. The van der Waals surface area contributed by atoms with E-state index in [1.165, 1.54) is 0 Å². The molecule has 6 heteroatoms. The van der Waals surface area contributed by atoms with Crippen LogP contribution in [0.2, 0.25) is 0 Å². The lowest BCUT2D eigenvalue weighted by atomic mass is 9.98. The van der Waals surface area contributed by atoms with Crippen LogP contribution in [0.3, 0.4) is 0 Å². The summed E-state index contributed by atoms with van der Waals surface area (Å²) in [4.78, 5) is 11.2. The Hall–Kier alpha value is -0.690. The summed E-state index contributed by atoms with van der Waals surface area (Å²) in [5, 5.41) is 12.3. The first-order chi connectivity index (χ1) is 9.56. The molecule has 0 saturated heterocycles. The van der Waals surface area contributed by atoms with Gasteiger partial charge in [-0.25, -0.2) is 0 Å². The van der Waals surface area contributed by atoms with Crippen molar-refractivity contribution in [2.75, 3.05) is 46.7 Å². The van der Waals surface area contributed by atoms with E-state index in [-0.39, 0.29) is 0 Å². The minimum absolute atomic E-state index is 0.404. The summed E-state index contributed by atoms with van der Waals surface area (Å²) in [6.07, 6.45) is 2.21. The molecule has 0 fully saturated rings. The van der Waals surface area contributed by atoms with Gasteiger partial charge in [0.15, 0.2) is 0 Å². The molecule has 0 aromatic heterocycles. The van der Waals surface area contributed by atoms with Crippen molar-refractivity contribution in [1.29, 1.82) is 0 Å². The molecule has 0 aliphatic rings. The fourth-order valence-corrected chi connectivity index (χ4v) is 1.58. The van der Waals surface area contributed by atoms with Crippen LogP contribution >= 0.6 is 0 Å². The third-order valence-electron chi connectivity index (χ3n) is 2.99. The Morgan fingerprint density at radius 3 is 2.35 bits per heavy atom. The number of nitrogens with one attached hydrogen (secondary N) is 1. The first-order valence-corrected chi connectivity index (χ1v) is 7.19. The van der Waals surface area contributed by atoms with Gasteiger partial charge in [0.05, 0.1) is 13.2 Å². The van der Waals surface area contributed by atoms with Crippen LogP contribution in [-0.2, 0) is 19.0 Å². The van der Waals surface area contributed by atoms with E-state index in [9.17, 15) is 9.90 Å². The SMILES string of the molecule is CCCNC(C)(CCOCCOCCCOC)C(=O)O. The Morgan fingerprint density at radius 2 is 1.80 bits per heavy atom. The van der Waals surface area contributed by atoms with Gasteiger partial charge in [0.1, 0.15) is 5.54 Å². The Kier molecular flexibility index (Phi) is 11.7. The quantitative estimate of drug-likeness (QED) is 0.470. The summed E-state index contributed by atoms with van der Waals surface area (Å²) < 4.78 is 15.7. The third kappa shape index (κ3) is 9.25. The van der Waals surface area contributed by atoms with Crippen molar-refractivity contribution < 1.29 is 24.1 Å². The van der Waals surface area contributed by atoms with Crippen LogP contribution in [0, 0.1) is 0 Å². The van der Waals surface area contributed by atoms with Crippen molar-refractivity contribution in [3.8, 4) is 0 Å². The van der Waals surface area contributed by atoms with Crippen molar-refractivity contribution in [3.63, 3.8) is 0 Å². The molecule has 0 saturated carbocycles. The highest BCUT2D eigenvalue weighted by Crippen LogP contribution is 2.10. The maximum Gasteiger partial charge on any atom is 0.323 e. The molecule has 0 heterocycles. The van der Waals surface area contributed by atoms with Crippen LogP contribution in [0.5, 0.6) is 0 Å². The summed E-state index contributed by atoms with van der Waals surface area (Å²) in [6.45, 7) is 7.14. The number of hydrogen-bond acceptors (Lipinski definition) is 5. The molecular formula is C14H29NO5. The molecule has 0 aromatic carbocycles. The second-order valence-electron chi connectivity index (χ2n) is 4.89. The van der Waals surface area contributed by atoms with Crippen LogP contribution < -0.4 is 5.32 Å². The van der Waals surface area contributed by atoms with E-state index in [1.54, 1.807) is 14.0 Å². The monoisotopic (exact) mass is 291 g/mol. The lowest BCUT2D eigenvalue weighted by Crippen LogP contribution is -2.50. The standard InChI is InChI=1S/C14H29NO5/c1-4-7-15-14(2,13(16)17)6-10-20-12-11-19-9-5-8-18-3/h15H,4-12H2,1-3H3,(H,16,17). The van der Waals surface area contributed by atoms with Crippen LogP contribution in [0.25, 0.3) is 0 Å². The Morgan fingerprint density at radius 1 is 1.15 bits per heavy atom. The normalized spacial score (nSPS) is 14.2. The lowest BCUT2D eigenvalue weighted by Gasteiger charge is -2.26. The second kappa shape index (κ2) is 12.1. The minimum Gasteiger partial charge on any atom is -0.480 e. The van der Waals surface area contributed by atoms with Gasteiger partial charge in [-0.15, -0.1) is 0 Å². The average molecular weight is 291 g/mol. The molecule has 6 nitrogen and oxygen atoms in total. The predicted molar refractivity (Wildman–Crippen MR) is 77.1 cm³/mol. The lowest BCUT2D eigenvalue weighted by molar-refractivity contribution is -0.145. The molecule has 120 valence electrons. The summed E-state index contributed by atoms with van der Waals surface area (Å²) in [5.74, 6) is -0.842. The molecule has 1 atom stereocenters. The summed E-state index contributed by atoms with van der Waals surface area (Å²) >= 11 is 0. The van der Waals surface area contributed by atoms with E-state index in [4.69, 9.17) is 14.2 Å². The van der Waals surface area contributed by atoms with Gasteiger partial charge in [0.2, 0.25) is 0 Å². The number of carboxylic acid groups (broad SMARTS) is 1. The molecule has 1 unspecified atom stereocenters. The molecule has 0 rings (SSSR count). The van der Waals surface area contributed by atoms with Gasteiger partial charge < -0.3 is 24.6 Å². The van der Waals surface area contributed by atoms with Crippen LogP contribution in [0.1, 0.15) is 33.1 Å². The third-order valence-corrected chi connectivity index (χ3v) is 2.99. The van der Waals surface area contributed by atoms with Crippen molar-refractivity contribution >= 4 is 5.97 Å². The van der Waals surface area contributed by atoms with E-state index in [0.717, 1.165) is 12.8 Å². The minimum atomic E-state index is -0.921. The van der Waals surface area contributed by atoms with Gasteiger partial charge in [-0.2, -0.15) is 0 Å². The molecule has 0 aromatic rings. The van der Waals surface area contributed by atoms with E-state index >= 15 is 0 Å². The largest absolute Gasteiger partial charge is 0.480 e. The van der Waals surface area contributed by atoms with Gasteiger partial charge in [-0.1, -0.05) is 6.92 Å². The number of rotatable bonds is 14. The molecule has 2 N–H and O–H groups in total. The molecule has 0 aliphatic heterocycles. The van der Waals surface area contributed by atoms with Crippen molar-refractivity contribution in [2.24, 2.45) is 0 Å². The smallest absolute Gasteiger partial charge is 0.323 e. The molecular weight excluding hydrogens is 262 g/mol. The number of hydrogen-bond donors (Lipinski definition) is 2. The predicted octanol–water partition coefficient (Wildman–Crippen LogP) is 1.29. The Balaban J connectivity index is 3.61. The zero-order valence-electron chi connectivity index (χ0n) is 12.9. The van der Waals surface area contributed by atoms with Crippen molar-refractivity contribution in [1.82, 2.24) is 5.32 Å². The maximum absolute atomic E-state index is 11.2. The summed E-state index contributed by atoms with van der Waals surface area (Å²) in [7, 11) is 1.66. The summed E-state index contributed by atoms with van der Waals surface area (Å²) in [6, 6.07) is 0. The Labute approximate surface area is 121 Å². The van der Waals surface area contributed by atoms with Gasteiger partial charge in [0.25, 0.3) is 0 Å². The molecule has 0 amide bonds. The number of carboxylic acids is 1. The fraction of sp³-hybridized carbons (Fsp3) is 0.929. The zero-order valence-corrected chi connectivity index (χ0v) is 12.9. The van der Waals surface area contributed by atoms with E-state index in [0.29, 0.717) is 46.0 Å². The molecule has 0 spiro atoms. The molecule has 20 heavy (non-hydrogen) atoms. The molecule has 0 radical (unpaired) electrons. The molecule has 0 aliphatic carbocycles. The van der Waals surface area contributed by atoms with Gasteiger partial charge in [-0.3, -0.25) is 4.79 Å². The van der Waals surface area contributed by atoms with Crippen molar-refractivity contribution in [3.05, 3.63) is 0 Å². The number of aliphatic carboxylic acids is 1. The first kappa shape index (κ1) is 19.3. The number of carbonyl (C=O) groups is 1. The number of methoxy groups -OCH3 is 1. The fourth-order valence-electron chi connectivity index (χ4n) is 1.58. The van der Waals surface area contributed by atoms with E-state index < -0.39 is 11.5 Å². The van der Waals surface area contributed by atoms with E-state index in [2.05, 4.69) is 5.32 Å². The van der Waals surface area contributed by atoms with E-state index in [1.807, 2.05) is 6.92 Å². The first-order valence-electron chi connectivity index (χ1n) is 7.19. The topological polar surface area (TPSA) is 77.0 Å². The number of ether oxygens (including phenoxy) is 3. The average Bonchev–Trinajstić information content (AvgIpc) is 2.43. The van der Waals surface area contributed by atoms with Gasteiger partial charge >= 0.3 is 5.97 Å². The highest BCUT2D eigenvalue weighted by atomic mass is 16.5.